The van der Waals surface area contributed by atoms with Crippen LogP contribution >= 0.6 is 0 Å². The number of furan rings is 1. The lowest BCUT2D eigenvalue weighted by atomic mass is 9.74. The lowest BCUT2D eigenvalue weighted by Crippen LogP contribution is -2.56. The summed E-state index contributed by atoms with van der Waals surface area (Å²) in [5.41, 5.74) is 3.27. The highest BCUT2D eigenvalue weighted by molar-refractivity contribution is 5.73. The van der Waals surface area contributed by atoms with Gasteiger partial charge in [-0.15, -0.1) is 0 Å². The highest BCUT2D eigenvalue weighted by atomic mass is 16.3. The smallest absolute Gasteiger partial charge is 0.315 e. The molecule has 1 aromatic carbocycles. The molecule has 0 spiro atoms. The van der Waals surface area contributed by atoms with Gasteiger partial charge in [-0.3, -0.25) is 9.58 Å². The van der Waals surface area contributed by atoms with Crippen molar-refractivity contribution < 1.29 is 9.21 Å². The van der Waals surface area contributed by atoms with Crippen LogP contribution in [0.1, 0.15) is 30.0 Å². The summed E-state index contributed by atoms with van der Waals surface area (Å²) in [5, 5.41) is 10.7. The number of fused-ring (bicyclic) bond motifs is 3. The van der Waals surface area contributed by atoms with Crippen LogP contribution in [0, 0.1) is 5.92 Å². The highest BCUT2D eigenvalue weighted by Gasteiger charge is 2.41. The summed E-state index contributed by atoms with van der Waals surface area (Å²) in [7, 11) is 2.02. The van der Waals surface area contributed by atoms with Crippen molar-refractivity contribution in [2.24, 2.45) is 13.0 Å². The molecule has 162 valence electrons. The van der Waals surface area contributed by atoms with Crippen LogP contribution in [0.25, 0.3) is 11.5 Å². The summed E-state index contributed by atoms with van der Waals surface area (Å²) in [6, 6.07) is 16.3. The molecule has 6 rings (SSSR count). The number of hydrogen-bond donors (Lipinski definition) is 2. The van der Waals surface area contributed by atoms with E-state index >= 15 is 0 Å². The highest BCUT2D eigenvalue weighted by Crippen LogP contribution is 2.42. The van der Waals surface area contributed by atoms with Crippen LogP contribution in [0.2, 0.25) is 0 Å². The van der Waals surface area contributed by atoms with Gasteiger partial charge in [-0.05, 0) is 49.1 Å². The monoisotopic (exact) mass is 419 g/mol. The van der Waals surface area contributed by atoms with Gasteiger partial charge in [-0.2, -0.15) is 5.10 Å². The number of rotatable bonds is 6. The zero-order valence-corrected chi connectivity index (χ0v) is 17.8. The van der Waals surface area contributed by atoms with E-state index in [0.29, 0.717) is 31.0 Å². The van der Waals surface area contributed by atoms with Gasteiger partial charge in [0, 0.05) is 44.3 Å². The van der Waals surface area contributed by atoms with E-state index in [9.17, 15) is 4.79 Å². The van der Waals surface area contributed by atoms with Gasteiger partial charge in [0.05, 0.1) is 6.26 Å². The predicted octanol–water partition coefficient (Wildman–Crippen LogP) is 3.36. The fourth-order valence-corrected chi connectivity index (χ4v) is 5.11. The largest absolute Gasteiger partial charge is 0.463 e. The van der Waals surface area contributed by atoms with Crippen LogP contribution < -0.4 is 10.6 Å². The maximum atomic E-state index is 12.2. The van der Waals surface area contributed by atoms with Crippen LogP contribution in [0.4, 0.5) is 4.79 Å². The molecule has 2 bridgehead atoms. The minimum Gasteiger partial charge on any atom is -0.463 e. The number of aryl methyl sites for hydroxylation is 1. The third kappa shape index (κ3) is 4.23. The quantitative estimate of drug-likeness (QED) is 0.643. The fraction of sp³-hybridized carbons (Fsp3) is 0.417. The zero-order chi connectivity index (χ0) is 21.2. The number of carbonyl (C=O) groups is 1. The van der Waals surface area contributed by atoms with E-state index in [4.69, 9.17) is 4.42 Å². The van der Waals surface area contributed by atoms with Crippen molar-refractivity contribution in [3.8, 4) is 11.5 Å². The fourth-order valence-electron chi connectivity index (χ4n) is 5.11. The first-order valence-corrected chi connectivity index (χ1v) is 11.0. The van der Waals surface area contributed by atoms with Gasteiger partial charge in [0.25, 0.3) is 0 Å². The first-order valence-electron chi connectivity index (χ1n) is 11.0. The third-order valence-corrected chi connectivity index (χ3v) is 6.74. The Morgan fingerprint density at radius 3 is 2.81 bits per heavy atom. The summed E-state index contributed by atoms with van der Waals surface area (Å²) >= 11 is 0. The van der Waals surface area contributed by atoms with Gasteiger partial charge >= 0.3 is 6.03 Å². The van der Waals surface area contributed by atoms with Crippen molar-refractivity contribution in [2.45, 2.75) is 31.3 Å². The van der Waals surface area contributed by atoms with Gasteiger partial charge in [-0.1, -0.05) is 30.3 Å². The molecular formula is C24H29N5O2. The van der Waals surface area contributed by atoms with E-state index in [2.05, 4.69) is 26.7 Å². The topological polar surface area (TPSA) is 75.3 Å². The molecule has 1 unspecified atom stereocenters. The van der Waals surface area contributed by atoms with E-state index in [0.717, 1.165) is 36.5 Å². The SMILES string of the molecule is Cn1nc(-c2ccco2)cc1[C@@H]1CN2CC[C@H]1C[C@@H]2CNC(=O)NCc1ccccc1. The Morgan fingerprint density at radius 1 is 1.19 bits per heavy atom. The van der Waals surface area contributed by atoms with Crippen LogP contribution in [0.5, 0.6) is 0 Å². The standard InChI is InChI=1S/C24H29N5O2/c1-28-22(13-21(27-28)23-8-5-11-31-23)20-16-29-10-9-18(20)12-19(29)15-26-24(30)25-14-17-6-3-2-4-7-17/h2-8,11,13,18-20H,9-10,12,14-16H2,1H3,(H2,25,26,30)/t18-,19+,20+/m0/s1. The average Bonchev–Trinajstić information content (AvgIpc) is 3.47. The number of nitrogens with zero attached hydrogens (tertiary/aromatic N) is 3. The summed E-state index contributed by atoms with van der Waals surface area (Å²) in [6.45, 7) is 3.35. The molecular weight excluding hydrogens is 390 g/mol. The number of benzene rings is 1. The molecule has 3 aliphatic heterocycles. The molecule has 0 saturated carbocycles. The maximum absolute atomic E-state index is 12.2. The van der Waals surface area contributed by atoms with Gasteiger partial charge in [-0.25, -0.2) is 4.79 Å². The molecule has 3 aromatic rings. The van der Waals surface area contributed by atoms with Crippen molar-refractivity contribution in [3.63, 3.8) is 0 Å². The van der Waals surface area contributed by atoms with Crippen LogP contribution in [0.3, 0.4) is 0 Å². The van der Waals surface area contributed by atoms with Gasteiger partial charge in [0.15, 0.2) is 5.76 Å². The molecule has 4 atom stereocenters. The van der Waals surface area contributed by atoms with Crippen molar-refractivity contribution in [3.05, 3.63) is 66.1 Å². The summed E-state index contributed by atoms with van der Waals surface area (Å²) < 4.78 is 7.53. The van der Waals surface area contributed by atoms with Crippen LogP contribution in [0.15, 0.2) is 59.2 Å². The number of aromatic nitrogens is 2. The van der Waals surface area contributed by atoms with E-state index in [1.165, 1.54) is 12.1 Å². The number of nitrogens with one attached hydrogen (secondary N) is 2. The normalized spacial score (nSPS) is 24.8. The number of carbonyl (C=O) groups excluding carboxylic acids is 1. The van der Waals surface area contributed by atoms with E-state index in [1.54, 1.807) is 6.26 Å². The van der Waals surface area contributed by atoms with Crippen molar-refractivity contribution >= 4 is 6.03 Å². The van der Waals surface area contributed by atoms with E-state index in [1.807, 2.05) is 54.2 Å². The Bertz CT molecular complexity index is 1010. The second-order valence-electron chi connectivity index (χ2n) is 8.64. The summed E-state index contributed by atoms with van der Waals surface area (Å²) in [5.74, 6) is 1.90. The van der Waals surface area contributed by atoms with Gasteiger partial charge in [0.2, 0.25) is 0 Å². The van der Waals surface area contributed by atoms with E-state index in [-0.39, 0.29) is 6.03 Å². The molecule has 5 heterocycles. The van der Waals surface area contributed by atoms with Gasteiger partial charge in [0.1, 0.15) is 5.69 Å². The first kappa shape index (κ1) is 19.9. The molecule has 0 aliphatic carbocycles. The number of amides is 2. The van der Waals surface area contributed by atoms with Crippen molar-refractivity contribution in [1.82, 2.24) is 25.3 Å². The van der Waals surface area contributed by atoms with Crippen molar-refractivity contribution in [1.29, 1.82) is 0 Å². The Balaban J connectivity index is 1.16. The molecule has 7 heteroatoms. The molecule has 3 saturated heterocycles. The zero-order valence-electron chi connectivity index (χ0n) is 17.8. The Morgan fingerprint density at radius 2 is 2.06 bits per heavy atom. The third-order valence-electron chi connectivity index (χ3n) is 6.74. The molecule has 3 aliphatic rings. The molecule has 31 heavy (non-hydrogen) atoms. The summed E-state index contributed by atoms with van der Waals surface area (Å²) in [4.78, 5) is 14.8. The molecule has 0 radical (unpaired) electrons. The summed E-state index contributed by atoms with van der Waals surface area (Å²) in [6.07, 6.45) is 3.99. The van der Waals surface area contributed by atoms with Crippen LogP contribution in [-0.4, -0.2) is 46.4 Å². The first-order chi connectivity index (χ1) is 15.2. The van der Waals surface area contributed by atoms with Crippen LogP contribution in [-0.2, 0) is 13.6 Å². The predicted molar refractivity (Wildman–Crippen MR) is 118 cm³/mol. The van der Waals surface area contributed by atoms with E-state index < -0.39 is 0 Å². The molecule has 3 fully saturated rings. The number of piperidine rings is 3. The second-order valence-corrected chi connectivity index (χ2v) is 8.64. The maximum Gasteiger partial charge on any atom is 0.315 e. The minimum absolute atomic E-state index is 0.0993. The molecule has 2 amide bonds. The van der Waals surface area contributed by atoms with Crippen molar-refractivity contribution in [2.75, 3.05) is 19.6 Å². The Kier molecular flexibility index (Phi) is 5.51. The van der Waals surface area contributed by atoms with Gasteiger partial charge < -0.3 is 15.1 Å². The lowest BCUT2D eigenvalue weighted by molar-refractivity contribution is 0.0294. The Labute approximate surface area is 182 Å². The molecule has 7 nitrogen and oxygen atoms in total. The Hall–Kier alpha value is -3.06. The second kappa shape index (κ2) is 8.59. The lowest BCUT2D eigenvalue weighted by Gasteiger charge is -2.49. The molecule has 2 aromatic heterocycles. The number of hydrogen-bond acceptors (Lipinski definition) is 4. The minimum atomic E-state index is -0.0993. The molecule has 2 N–H and O–H groups in total. The average molecular weight is 420 g/mol. The number of urea groups is 1.